The molecule has 0 amide bonds. The molecule has 1 fully saturated rings. The number of aliphatic hydroxyl groups is 1. The van der Waals surface area contributed by atoms with Crippen LogP contribution in [-0.2, 0) is 0 Å². The SMILES string of the molecule is CC1(C)CN(c2ccc(I)nn2)CCC1O. The normalized spacial score (nSPS) is 24.5. The maximum atomic E-state index is 9.88. The molecule has 1 atom stereocenters. The number of aromatic nitrogens is 2. The summed E-state index contributed by atoms with van der Waals surface area (Å²) in [5.41, 5.74) is -0.0804. The zero-order chi connectivity index (χ0) is 11.8. The molecule has 16 heavy (non-hydrogen) atoms. The van der Waals surface area contributed by atoms with E-state index in [0.29, 0.717) is 0 Å². The van der Waals surface area contributed by atoms with E-state index in [1.807, 2.05) is 12.1 Å². The highest BCUT2D eigenvalue weighted by atomic mass is 127. The molecule has 1 aliphatic heterocycles. The second-order valence-corrected chi connectivity index (χ2v) is 6.03. The molecule has 2 heterocycles. The molecule has 1 aromatic heterocycles. The van der Waals surface area contributed by atoms with Gasteiger partial charge in [-0.15, -0.1) is 10.2 Å². The number of nitrogens with zero attached hydrogens (tertiary/aromatic N) is 3. The lowest BCUT2D eigenvalue weighted by atomic mass is 9.81. The molecule has 0 spiro atoms. The molecule has 5 heteroatoms. The van der Waals surface area contributed by atoms with E-state index in [-0.39, 0.29) is 11.5 Å². The Morgan fingerprint density at radius 1 is 1.44 bits per heavy atom. The van der Waals surface area contributed by atoms with Crippen LogP contribution in [0.25, 0.3) is 0 Å². The predicted octanol–water partition coefficient (Wildman–Crippen LogP) is 1.68. The maximum absolute atomic E-state index is 9.88. The molecule has 1 aliphatic rings. The van der Waals surface area contributed by atoms with Gasteiger partial charge in [0.25, 0.3) is 0 Å². The van der Waals surface area contributed by atoms with Gasteiger partial charge in [-0.2, -0.15) is 0 Å². The molecular formula is C11H16IN3O. The Morgan fingerprint density at radius 2 is 2.19 bits per heavy atom. The first-order valence-corrected chi connectivity index (χ1v) is 6.49. The smallest absolute Gasteiger partial charge is 0.151 e. The number of rotatable bonds is 1. The van der Waals surface area contributed by atoms with Crippen molar-refractivity contribution in [2.45, 2.75) is 26.4 Å². The van der Waals surface area contributed by atoms with Crippen molar-refractivity contribution in [1.29, 1.82) is 0 Å². The molecule has 4 nitrogen and oxygen atoms in total. The standard InChI is InChI=1S/C11H16IN3O/c1-11(2)7-15(6-5-8(11)16)10-4-3-9(12)13-14-10/h3-4,8,16H,5-7H2,1-2H3. The third kappa shape index (κ3) is 2.45. The summed E-state index contributed by atoms with van der Waals surface area (Å²) in [6, 6.07) is 3.95. The summed E-state index contributed by atoms with van der Waals surface area (Å²) in [6.45, 7) is 5.84. The van der Waals surface area contributed by atoms with Crippen LogP contribution in [-0.4, -0.2) is 34.5 Å². The lowest BCUT2D eigenvalue weighted by molar-refractivity contribution is 0.0333. The van der Waals surface area contributed by atoms with Crippen molar-refractivity contribution in [3.05, 3.63) is 15.8 Å². The van der Waals surface area contributed by atoms with E-state index in [9.17, 15) is 5.11 Å². The summed E-state index contributed by atoms with van der Waals surface area (Å²) in [5.74, 6) is 0.903. The number of aliphatic hydroxyl groups excluding tert-OH is 1. The third-order valence-electron chi connectivity index (χ3n) is 3.11. The van der Waals surface area contributed by atoms with Gasteiger partial charge in [-0.25, -0.2) is 0 Å². The monoisotopic (exact) mass is 333 g/mol. The van der Waals surface area contributed by atoms with Crippen molar-refractivity contribution < 1.29 is 5.11 Å². The average Bonchev–Trinajstić information content (AvgIpc) is 2.23. The Morgan fingerprint density at radius 3 is 2.75 bits per heavy atom. The number of piperidine rings is 1. The van der Waals surface area contributed by atoms with Crippen LogP contribution in [0.3, 0.4) is 0 Å². The van der Waals surface area contributed by atoms with E-state index in [1.54, 1.807) is 0 Å². The van der Waals surface area contributed by atoms with Gasteiger partial charge in [0.15, 0.2) is 5.82 Å². The summed E-state index contributed by atoms with van der Waals surface area (Å²) in [6.07, 6.45) is 0.571. The van der Waals surface area contributed by atoms with Gasteiger partial charge >= 0.3 is 0 Å². The number of anilines is 1. The van der Waals surface area contributed by atoms with E-state index in [4.69, 9.17) is 0 Å². The molecule has 0 aliphatic carbocycles. The van der Waals surface area contributed by atoms with Crippen LogP contribution in [0.15, 0.2) is 12.1 Å². The van der Waals surface area contributed by atoms with Gasteiger partial charge in [0.05, 0.1) is 6.10 Å². The minimum atomic E-state index is -0.222. The van der Waals surface area contributed by atoms with Gasteiger partial charge in [0, 0.05) is 18.5 Å². The van der Waals surface area contributed by atoms with Gasteiger partial charge in [-0.3, -0.25) is 0 Å². The lowest BCUT2D eigenvalue weighted by Crippen LogP contribution is -2.49. The third-order valence-corrected chi connectivity index (χ3v) is 3.69. The molecule has 1 saturated heterocycles. The van der Waals surface area contributed by atoms with Crippen molar-refractivity contribution in [2.24, 2.45) is 5.41 Å². The highest BCUT2D eigenvalue weighted by molar-refractivity contribution is 14.1. The molecule has 2 rings (SSSR count). The molecule has 1 unspecified atom stereocenters. The molecule has 0 radical (unpaired) electrons. The first-order chi connectivity index (χ1) is 7.49. The van der Waals surface area contributed by atoms with E-state index in [2.05, 4.69) is 51.5 Å². The van der Waals surface area contributed by atoms with E-state index in [1.165, 1.54) is 0 Å². The Kier molecular flexibility index (Phi) is 3.34. The Hall–Kier alpha value is -0.430. The molecule has 0 saturated carbocycles. The van der Waals surface area contributed by atoms with Crippen LogP contribution in [0, 0.1) is 9.12 Å². The number of hydrogen-bond donors (Lipinski definition) is 1. The maximum Gasteiger partial charge on any atom is 0.151 e. The fourth-order valence-electron chi connectivity index (χ4n) is 2.02. The summed E-state index contributed by atoms with van der Waals surface area (Å²) in [7, 11) is 0. The number of halogens is 1. The van der Waals surface area contributed by atoms with Crippen LogP contribution >= 0.6 is 22.6 Å². The average molecular weight is 333 g/mol. The minimum Gasteiger partial charge on any atom is -0.392 e. The fraction of sp³-hybridized carbons (Fsp3) is 0.636. The quantitative estimate of drug-likeness (QED) is 0.795. The zero-order valence-corrected chi connectivity index (χ0v) is 11.7. The van der Waals surface area contributed by atoms with Gasteiger partial charge in [0.1, 0.15) is 3.70 Å². The second kappa shape index (κ2) is 4.44. The van der Waals surface area contributed by atoms with Crippen molar-refractivity contribution in [3.8, 4) is 0 Å². The minimum absolute atomic E-state index is 0.0804. The van der Waals surface area contributed by atoms with Crippen LogP contribution in [0.2, 0.25) is 0 Å². The summed E-state index contributed by atoms with van der Waals surface area (Å²) in [4.78, 5) is 2.19. The van der Waals surface area contributed by atoms with Crippen molar-refractivity contribution >= 4 is 28.4 Å². The molecule has 1 N–H and O–H groups in total. The van der Waals surface area contributed by atoms with Crippen LogP contribution in [0.1, 0.15) is 20.3 Å². The predicted molar refractivity (Wildman–Crippen MR) is 71.4 cm³/mol. The first kappa shape index (κ1) is 12.0. The summed E-state index contributed by atoms with van der Waals surface area (Å²) < 4.78 is 0.901. The van der Waals surface area contributed by atoms with Crippen LogP contribution in [0.4, 0.5) is 5.82 Å². The summed E-state index contributed by atoms with van der Waals surface area (Å²) in [5, 5.41) is 18.1. The Labute approximate surface area is 109 Å². The lowest BCUT2D eigenvalue weighted by Gasteiger charge is -2.42. The fourth-order valence-corrected chi connectivity index (χ4v) is 2.31. The summed E-state index contributed by atoms with van der Waals surface area (Å²) >= 11 is 2.15. The van der Waals surface area contributed by atoms with Crippen molar-refractivity contribution in [1.82, 2.24) is 10.2 Å². The molecule has 1 aromatic rings. The van der Waals surface area contributed by atoms with Crippen LogP contribution < -0.4 is 4.90 Å². The Bertz CT molecular complexity index is 366. The topological polar surface area (TPSA) is 49.2 Å². The second-order valence-electron chi connectivity index (χ2n) is 4.93. The van der Waals surface area contributed by atoms with Gasteiger partial charge in [-0.1, -0.05) is 13.8 Å². The molecule has 0 aromatic carbocycles. The number of hydrogen-bond acceptors (Lipinski definition) is 4. The largest absolute Gasteiger partial charge is 0.392 e. The van der Waals surface area contributed by atoms with Gasteiger partial charge in [0.2, 0.25) is 0 Å². The molecule has 0 bridgehead atoms. The van der Waals surface area contributed by atoms with Crippen molar-refractivity contribution in [2.75, 3.05) is 18.0 Å². The van der Waals surface area contributed by atoms with E-state index < -0.39 is 0 Å². The van der Waals surface area contributed by atoms with Crippen LogP contribution in [0.5, 0.6) is 0 Å². The highest BCUT2D eigenvalue weighted by Crippen LogP contribution is 2.31. The van der Waals surface area contributed by atoms with Crippen molar-refractivity contribution in [3.63, 3.8) is 0 Å². The van der Waals surface area contributed by atoms with Gasteiger partial charge < -0.3 is 10.0 Å². The highest BCUT2D eigenvalue weighted by Gasteiger charge is 2.35. The van der Waals surface area contributed by atoms with E-state index in [0.717, 1.165) is 29.0 Å². The first-order valence-electron chi connectivity index (χ1n) is 5.41. The zero-order valence-electron chi connectivity index (χ0n) is 9.52. The Balaban J connectivity index is 2.14. The van der Waals surface area contributed by atoms with E-state index >= 15 is 0 Å². The molecular weight excluding hydrogens is 317 g/mol. The molecule has 88 valence electrons. The van der Waals surface area contributed by atoms with Gasteiger partial charge in [-0.05, 0) is 41.1 Å².